The van der Waals surface area contributed by atoms with E-state index in [1.165, 1.54) is 12.1 Å². The maximum atomic E-state index is 12.9. The first-order valence-corrected chi connectivity index (χ1v) is 6.14. The molecular formula is C14H22FNO. The minimum Gasteiger partial charge on any atom is -0.374 e. The summed E-state index contributed by atoms with van der Waals surface area (Å²) in [4.78, 5) is 0. The average Bonchev–Trinajstić information content (AvgIpc) is 2.27. The lowest BCUT2D eigenvalue weighted by molar-refractivity contribution is -0.0388. The Morgan fingerprint density at radius 3 is 2.29 bits per heavy atom. The zero-order valence-electron chi connectivity index (χ0n) is 11.1. The van der Waals surface area contributed by atoms with Crippen LogP contribution in [0, 0.1) is 5.82 Å². The second-order valence-corrected chi connectivity index (χ2v) is 4.58. The summed E-state index contributed by atoms with van der Waals surface area (Å²) in [7, 11) is 0. The molecule has 0 aliphatic carbocycles. The summed E-state index contributed by atoms with van der Waals surface area (Å²) in [5, 5.41) is 3.40. The molecule has 0 radical (unpaired) electrons. The van der Waals surface area contributed by atoms with Gasteiger partial charge in [0.05, 0.1) is 11.6 Å². The zero-order valence-corrected chi connectivity index (χ0v) is 11.1. The average molecular weight is 239 g/mol. The molecule has 1 aromatic carbocycles. The van der Waals surface area contributed by atoms with Crippen LogP contribution in [0.5, 0.6) is 0 Å². The van der Waals surface area contributed by atoms with Crippen molar-refractivity contribution in [1.29, 1.82) is 0 Å². The van der Waals surface area contributed by atoms with Gasteiger partial charge in [-0.05, 0) is 45.0 Å². The van der Waals surface area contributed by atoms with E-state index < -0.39 is 0 Å². The van der Waals surface area contributed by atoms with Crippen molar-refractivity contribution >= 4 is 0 Å². The quantitative estimate of drug-likeness (QED) is 0.822. The second kappa shape index (κ2) is 6.12. The largest absolute Gasteiger partial charge is 0.374 e. The topological polar surface area (TPSA) is 21.3 Å². The van der Waals surface area contributed by atoms with Gasteiger partial charge in [0.2, 0.25) is 0 Å². The van der Waals surface area contributed by atoms with Crippen molar-refractivity contribution in [2.24, 2.45) is 0 Å². The van der Waals surface area contributed by atoms with Gasteiger partial charge in [-0.15, -0.1) is 0 Å². The highest BCUT2D eigenvalue weighted by Gasteiger charge is 2.30. The van der Waals surface area contributed by atoms with Gasteiger partial charge >= 0.3 is 0 Å². The van der Waals surface area contributed by atoms with Gasteiger partial charge in [-0.25, -0.2) is 4.39 Å². The van der Waals surface area contributed by atoms with Gasteiger partial charge in [0, 0.05) is 6.61 Å². The Labute approximate surface area is 103 Å². The summed E-state index contributed by atoms with van der Waals surface area (Å²) in [5.74, 6) is -0.210. The van der Waals surface area contributed by atoms with E-state index in [1.807, 2.05) is 32.9 Å². The third-order valence-electron chi connectivity index (χ3n) is 2.82. The van der Waals surface area contributed by atoms with Gasteiger partial charge in [-0.3, -0.25) is 0 Å². The minimum atomic E-state index is -0.317. The van der Waals surface area contributed by atoms with Crippen LogP contribution in [-0.4, -0.2) is 18.8 Å². The Hall–Kier alpha value is -0.930. The molecule has 0 saturated carbocycles. The fraction of sp³-hybridized carbons (Fsp3) is 0.571. The van der Waals surface area contributed by atoms with E-state index in [-0.39, 0.29) is 17.5 Å². The number of hydrogen-bond donors (Lipinski definition) is 1. The molecule has 0 heterocycles. The number of hydrogen-bond acceptors (Lipinski definition) is 2. The first-order valence-electron chi connectivity index (χ1n) is 6.14. The van der Waals surface area contributed by atoms with E-state index in [0.29, 0.717) is 6.61 Å². The van der Waals surface area contributed by atoms with Crippen molar-refractivity contribution < 1.29 is 9.13 Å². The summed E-state index contributed by atoms with van der Waals surface area (Å²) in [6.45, 7) is 9.64. The van der Waals surface area contributed by atoms with Crippen molar-refractivity contribution in [3.05, 3.63) is 35.6 Å². The highest BCUT2D eigenvalue weighted by atomic mass is 19.1. The van der Waals surface area contributed by atoms with Crippen LogP contribution in [0.4, 0.5) is 4.39 Å². The number of rotatable bonds is 6. The van der Waals surface area contributed by atoms with Crippen LogP contribution >= 0.6 is 0 Å². The number of halogens is 1. The fourth-order valence-corrected chi connectivity index (χ4v) is 2.08. The Balaban J connectivity index is 2.95. The Kier molecular flexibility index (Phi) is 5.09. The molecule has 0 spiro atoms. The van der Waals surface area contributed by atoms with Crippen molar-refractivity contribution in [3.8, 4) is 0 Å². The number of benzene rings is 1. The normalized spacial score (nSPS) is 13.7. The predicted molar refractivity (Wildman–Crippen MR) is 68.5 cm³/mol. The van der Waals surface area contributed by atoms with Crippen molar-refractivity contribution in [3.63, 3.8) is 0 Å². The molecule has 1 rings (SSSR count). The lowest BCUT2D eigenvalue weighted by Gasteiger charge is -2.35. The highest BCUT2D eigenvalue weighted by Crippen LogP contribution is 2.28. The van der Waals surface area contributed by atoms with Crippen LogP contribution in [0.3, 0.4) is 0 Å². The zero-order chi connectivity index (χ0) is 12.9. The van der Waals surface area contributed by atoms with E-state index in [1.54, 1.807) is 0 Å². The lowest BCUT2D eigenvalue weighted by Crippen LogP contribution is -2.41. The highest BCUT2D eigenvalue weighted by molar-refractivity contribution is 5.22. The van der Waals surface area contributed by atoms with E-state index in [2.05, 4.69) is 12.2 Å². The maximum Gasteiger partial charge on any atom is 0.123 e. The Morgan fingerprint density at radius 1 is 1.24 bits per heavy atom. The molecular weight excluding hydrogens is 217 g/mol. The monoisotopic (exact) mass is 239 g/mol. The van der Waals surface area contributed by atoms with Crippen LogP contribution in [0.25, 0.3) is 0 Å². The van der Waals surface area contributed by atoms with E-state index in [0.717, 1.165) is 12.1 Å². The first-order chi connectivity index (χ1) is 8.01. The predicted octanol–water partition coefficient (Wildman–Crippen LogP) is 3.29. The first kappa shape index (κ1) is 14.1. The molecule has 1 aromatic rings. The molecule has 1 atom stereocenters. The van der Waals surface area contributed by atoms with Gasteiger partial charge < -0.3 is 10.1 Å². The summed E-state index contributed by atoms with van der Waals surface area (Å²) in [5.41, 5.74) is 0.731. The van der Waals surface area contributed by atoms with Gasteiger partial charge in [0.25, 0.3) is 0 Å². The minimum absolute atomic E-state index is 0.0630. The molecule has 17 heavy (non-hydrogen) atoms. The van der Waals surface area contributed by atoms with Gasteiger partial charge in [0.1, 0.15) is 5.82 Å². The molecule has 3 heteroatoms. The molecule has 0 aromatic heterocycles. The van der Waals surface area contributed by atoms with Crippen molar-refractivity contribution in [2.45, 2.75) is 39.3 Å². The molecule has 0 amide bonds. The van der Waals surface area contributed by atoms with Gasteiger partial charge in [0.15, 0.2) is 0 Å². The molecule has 0 saturated heterocycles. The van der Waals surface area contributed by atoms with Gasteiger partial charge in [-0.2, -0.15) is 0 Å². The summed E-state index contributed by atoms with van der Waals surface area (Å²) in [6.07, 6.45) is 0. The summed E-state index contributed by atoms with van der Waals surface area (Å²) in [6, 6.07) is 6.66. The van der Waals surface area contributed by atoms with E-state index in [4.69, 9.17) is 4.74 Å². The maximum absolute atomic E-state index is 12.9. The standard InChI is InChI=1S/C14H22FNO/c1-5-16-13(14(3,4)17-6-2)11-7-9-12(15)10-8-11/h7-10,13,16H,5-6H2,1-4H3. The molecule has 0 fully saturated rings. The number of ether oxygens (including phenoxy) is 1. The molecule has 1 unspecified atom stereocenters. The number of likely N-dealkylation sites (N-methyl/N-ethyl adjacent to an activating group) is 1. The van der Waals surface area contributed by atoms with Crippen LogP contribution in [0.1, 0.15) is 39.3 Å². The molecule has 96 valence electrons. The molecule has 0 aliphatic rings. The molecule has 1 N–H and O–H groups in total. The lowest BCUT2D eigenvalue weighted by atomic mass is 9.91. The third-order valence-corrected chi connectivity index (χ3v) is 2.82. The molecule has 0 bridgehead atoms. The molecule has 2 nitrogen and oxygen atoms in total. The van der Waals surface area contributed by atoms with Crippen LogP contribution in [-0.2, 0) is 4.74 Å². The van der Waals surface area contributed by atoms with Crippen molar-refractivity contribution in [1.82, 2.24) is 5.32 Å². The Bertz CT molecular complexity index is 335. The van der Waals surface area contributed by atoms with Crippen LogP contribution < -0.4 is 5.32 Å². The third kappa shape index (κ3) is 3.79. The van der Waals surface area contributed by atoms with Crippen LogP contribution in [0.15, 0.2) is 24.3 Å². The summed E-state index contributed by atoms with van der Waals surface area (Å²) >= 11 is 0. The second-order valence-electron chi connectivity index (χ2n) is 4.58. The Morgan fingerprint density at radius 2 is 1.82 bits per heavy atom. The van der Waals surface area contributed by atoms with E-state index >= 15 is 0 Å². The number of nitrogens with one attached hydrogen (secondary N) is 1. The van der Waals surface area contributed by atoms with E-state index in [9.17, 15) is 4.39 Å². The van der Waals surface area contributed by atoms with Crippen molar-refractivity contribution in [2.75, 3.05) is 13.2 Å². The smallest absolute Gasteiger partial charge is 0.123 e. The summed E-state index contributed by atoms with van der Waals surface area (Å²) < 4.78 is 18.7. The molecule has 0 aliphatic heterocycles. The van der Waals surface area contributed by atoms with Crippen LogP contribution in [0.2, 0.25) is 0 Å². The SMILES string of the molecule is CCNC(c1ccc(F)cc1)C(C)(C)OCC. The van der Waals surface area contributed by atoms with Gasteiger partial charge in [-0.1, -0.05) is 19.1 Å². The fourth-order valence-electron chi connectivity index (χ4n) is 2.08.